The van der Waals surface area contributed by atoms with Crippen LogP contribution in [0.2, 0.25) is 0 Å². The van der Waals surface area contributed by atoms with Gasteiger partial charge < -0.3 is 14.2 Å². The van der Waals surface area contributed by atoms with Gasteiger partial charge in [0.05, 0.1) is 5.57 Å². The Balaban J connectivity index is 1.64. The lowest BCUT2D eigenvalue weighted by Gasteiger charge is -2.15. The van der Waals surface area contributed by atoms with Gasteiger partial charge in [0, 0.05) is 25.6 Å². The van der Waals surface area contributed by atoms with Gasteiger partial charge in [0.25, 0.3) is 0 Å². The molecule has 2 aromatic carbocycles. The lowest BCUT2D eigenvalue weighted by molar-refractivity contribution is -0.117. The van der Waals surface area contributed by atoms with E-state index < -0.39 is 6.16 Å². The third kappa shape index (κ3) is 4.72. The first kappa shape index (κ1) is 21.3. The Kier molecular flexibility index (Phi) is 6.23. The fourth-order valence-corrected chi connectivity index (χ4v) is 4.76. The molecule has 1 heterocycles. The number of rotatable bonds is 5. The normalized spacial score (nSPS) is 20.9. The van der Waals surface area contributed by atoms with Crippen molar-refractivity contribution in [3.05, 3.63) is 70.5 Å². The molecule has 0 N–H and O–H groups in total. The lowest BCUT2D eigenvalue weighted by atomic mass is 9.87. The van der Waals surface area contributed by atoms with E-state index in [2.05, 4.69) is 12.1 Å². The van der Waals surface area contributed by atoms with Gasteiger partial charge in [0.2, 0.25) is 0 Å². The van der Waals surface area contributed by atoms with Crippen LogP contribution in [-0.2, 0) is 14.3 Å². The molecule has 0 radical (unpaired) electrons. The van der Waals surface area contributed by atoms with E-state index in [1.165, 1.54) is 0 Å². The summed E-state index contributed by atoms with van der Waals surface area (Å²) in [7, 11) is 0. The smallest absolute Gasteiger partial charge is 0.398 e. The third-order valence-corrected chi connectivity index (χ3v) is 6.05. The molecule has 31 heavy (non-hydrogen) atoms. The molecule has 2 unspecified atom stereocenters. The summed E-state index contributed by atoms with van der Waals surface area (Å²) in [4.78, 5) is 26.0. The van der Waals surface area contributed by atoms with Gasteiger partial charge in [-0.05, 0) is 68.4 Å². The minimum Gasteiger partial charge on any atom is -0.398 e. The minimum absolute atomic E-state index is 0.0458. The molecule has 1 aliphatic heterocycles. The molecular weight excluding hydrogens is 392 g/mol. The van der Waals surface area contributed by atoms with E-state index in [9.17, 15) is 9.59 Å². The van der Waals surface area contributed by atoms with Crippen LogP contribution in [0.5, 0.6) is 5.75 Å². The van der Waals surface area contributed by atoms with Crippen molar-refractivity contribution in [2.75, 3.05) is 13.2 Å². The van der Waals surface area contributed by atoms with Crippen LogP contribution in [0.1, 0.15) is 41.5 Å². The molecule has 1 aliphatic carbocycles. The van der Waals surface area contributed by atoms with Crippen LogP contribution in [0.15, 0.2) is 48.2 Å². The summed E-state index contributed by atoms with van der Waals surface area (Å²) in [6.45, 7) is 7.45. The van der Waals surface area contributed by atoms with Crippen LogP contribution in [-0.4, -0.2) is 25.2 Å². The third-order valence-electron chi connectivity index (χ3n) is 6.05. The zero-order valence-electron chi connectivity index (χ0n) is 18.3. The van der Waals surface area contributed by atoms with E-state index in [-0.39, 0.29) is 11.7 Å². The number of allylic oxidation sites excluding steroid dienone is 2. The molecule has 0 spiro atoms. The molecule has 5 heteroatoms. The number of carbonyl (C=O) groups is 2. The molecule has 162 valence electrons. The Bertz CT molecular complexity index is 992. The van der Waals surface area contributed by atoms with Crippen molar-refractivity contribution in [3.8, 4) is 5.75 Å². The monoisotopic (exact) mass is 420 g/mol. The van der Waals surface area contributed by atoms with Crippen molar-refractivity contribution >= 4 is 17.5 Å². The van der Waals surface area contributed by atoms with Gasteiger partial charge >= 0.3 is 6.16 Å². The standard InChI is InChI=1S/C26H28O5/c1-16-11-17(2)23(18(3)12-16)24-22(31-26(28)30-21-7-5-4-6-8-21)14-20(25(24)27)13-19-9-10-29-15-19/h4-8,11-12,19-20H,9-10,13-15H2,1-3H3. The Morgan fingerprint density at radius 2 is 1.77 bits per heavy atom. The number of hydrogen-bond donors (Lipinski definition) is 0. The first-order valence-corrected chi connectivity index (χ1v) is 10.8. The molecule has 0 saturated carbocycles. The zero-order valence-corrected chi connectivity index (χ0v) is 18.3. The van der Waals surface area contributed by atoms with E-state index >= 15 is 0 Å². The first-order valence-electron chi connectivity index (χ1n) is 10.8. The van der Waals surface area contributed by atoms with Crippen LogP contribution < -0.4 is 4.74 Å². The Labute approximate surface area is 183 Å². The molecule has 2 atom stereocenters. The van der Waals surface area contributed by atoms with E-state index in [1.807, 2.05) is 26.8 Å². The molecule has 0 bridgehead atoms. The average molecular weight is 421 g/mol. The van der Waals surface area contributed by atoms with Crippen molar-refractivity contribution in [1.29, 1.82) is 0 Å². The molecular formula is C26H28O5. The number of benzene rings is 2. The highest BCUT2D eigenvalue weighted by molar-refractivity contribution is 6.25. The second-order valence-corrected chi connectivity index (χ2v) is 8.57. The molecule has 5 nitrogen and oxygen atoms in total. The zero-order chi connectivity index (χ0) is 22.0. The van der Waals surface area contributed by atoms with E-state index in [0.29, 0.717) is 36.0 Å². The Morgan fingerprint density at radius 3 is 2.42 bits per heavy atom. The van der Waals surface area contributed by atoms with E-state index in [0.717, 1.165) is 41.7 Å². The summed E-state index contributed by atoms with van der Waals surface area (Å²) < 4.78 is 16.5. The number of hydrogen-bond acceptors (Lipinski definition) is 5. The van der Waals surface area contributed by atoms with Crippen molar-refractivity contribution in [3.63, 3.8) is 0 Å². The predicted molar refractivity (Wildman–Crippen MR) is 118 cm³/mol. The van der Waals surface area contributed by atoms with Gasteiger partial charge in [-0.25, -0.2) is 4.79 Å². The molecule has 1 fully saturated rings. The molecule has 4 rings (SSSR count). The minimum atomic E-state index is -0.821. The number of carbonyl (C=O) groups excluding carboxylic acids is 2. The number of ketones is 1. The largest absolute Gasteiger partial charge is 0.519 e. The molecule has 0 aromatic heterocycles. The summed E-state index contributed by atoms with van der Waals surface area (Å²) in [6, 6.07) is 12.9. The maximum absolute atomic E-state index is 13.5. The molecule has 2 aliphatic rings. The average Bonchev–Trinajstić information content (AvgIpc) is 3.32. The molecule has 0 amide bonds. The summed E-state index contributed by atoms with van der Waals surface area (Å²) in [5.74, 6) is 1.02. The van der Waals surface area contributed by atoms with Gasteiger partial charge in [0.1, 0.15) is 11.5 Å². The highest BCUT2D eigenvalue weighted by Crippen LogP contribution is 2.42. The maximum Gasteiger partial charge on any atom is 0.519 e. The molecule has 2 aromatic rings. The van der Waals surface area contributed by atoms with Crippen molar-refractivity contribution < 1.29 is 23.8 Å². The number of para-hydroxylation sites is 1. The number of aryl methyl sites for hydroxylation is 3. The second kappa shape index (κ2) is 9.06. The van der Waals surface area contributed by atoms with Crippen molar-refractivity contribution in [1.82, 2.24) is 0 Å². The summed E-state index contributed by atoms with van der Waals surface area (Å²) in [6.07, 6.45) is 1.29. The highest BCUT2D eigenvalue weighted by atomic mass is 16.7. The van der Waals surface area contributed by atoms with Gasteiger partial charge in [-0.15, -0.1) is 0 Å². The fourth-order valence-electron chi connectivity index (χ4n) is 4.76. The fraction of sp³-hybridized carbons (Fsp3) is 0.385. The Hall–Kier alpha value is -2.92. The lowest BCUT2D eigenvalue weighted by Crippen LogP contribution is -2.15. The quantitative estimate of drug-likeness (QED) is 0.468. The summed E-state index contributed by atoms with van der Waals surface area (Å²) in [5.41, 5.74) is 4.52. The van der Waals surface area contributed by atoms with Gasteiger partial charge in [-0.1, -0.05) is 35.9 Å². The van der Waals surface area contributed by atoms with E-state index in [4.69, 9.17) is 14.2 Å². The van der Waals surface area contributed by atoms with E-state index in [1.54, 1.807) is 24.3 Å². The Morgan fingerprint density at radius 1 is 1.06 bits per heavy atom. The summed E-state index contributed by atoms with van der Waals surface area (Å²) >= 11 is 0. The topological polar surface area (TPSA) is 61.8 Å². The number of Topliss-reactive ketones (excluding diaryl/α,β-unsaturated/α-hetero) is 1. The van der Waals surface area contributed by atoms with Crippen LogP contribution in [0, 0.1) is 32.6 Å². The second-order valence-electron chi connectivity index (χ2n) is 8.57. The number of ether oxygens (including phenoxy) is 3. The first-order chi connectivity index (χ1) is 14.9. The van der Waals surface area contributed by atoms with Crippen LogP contribution in [0.3, 0.4) is 0 Å². The SMILES string of the molecule is Cc1cc(C)c(C2=C(OC(=O)Oc3ccccc3)CC(CC3CCOC3)C2=O)c(C)c1. The van der Waals surface area contributed by atoms with Crippen LogP contribution in [0.25, 0.3) is 5.57 Å². The maximum atomic E-state index is 13.5. The van der Waals surface area contributed by atoms with Gasteiger partial charge in [0.15, 0.2) is 5.78 Å². The summed E-state index contributed by atoms with van der Waals surface area (Å²) in [5, 5.41) is 0. The van der Waals surface area contributed by atoms with Crippen molar-refractivity contribution in [2.24, 2.45) is 11.8 Å². The van der Waals surface area contributed by atoms with Gasteiger partial charge in [-0.3, -0.25) is 4.79 Å². The van der Waals surface area contributed by atoms with Crippen LogP contribution >= 0.6 is 0 Å². The predicted octanol–water partition coefficient (Wildman–Crippen LogP) is 5.55. The highest BCUT2D eigenvalue weighted by Gasteiger charge is 2.39. The van der Waals surface area contributed by atoms with Crippen molar-refractivity contribution in [2.45, 2.75) is 40.0 Å². The molecule has 1 saturated heterocycles. The van der Waals surface area contributed by atoms with Crippen LogP contribution in [0.4, 0.5) is 4.79 Å². The van der Waals surface area contributed by atoms with Gasteiger partial charge in [-0.2, -0.15) is 0 Å².